The van der Waals surface area contributed by atoms with E-state index in [4.69, 9.17) is 4.52 Å². The molecule has 9 heteroatoms. The summed E-state index contributed by atoms with van der Waals surface area (Å²) in [7, 11) is 0. The summed E-state index contributed by atoms with van der Waals surface area (Å²) in [5.74, 6) is 0.0292. The molecule has 0 radical (unpaired) electrons. The van der Waals surface area contributed by atoms with Gasteiger partial charge in [0.2, 0.25) is 11.8 Å². The van der Waals surface area contributed by atoms with Crippen molar-refractivity contribution in [2.24, 2.45) is 0 Å². The second kappa shape index (κ2) is 7.39. The maximum absolute atomic E-state index is 12.3. The number of anilines is 1. The molecule has 2 heterocycles. The molecule has 25 heavy (non-hydrogen) atoms. The Hall–Kier alpha value is -2.81. The average Bonchev–Trinajstić information content (AvgIpc) is 3.16. The molecule has 0 saturated heterocycles. The first-order valence-electron chi connectivity index (χ1n) is 7.63. The van der Waals surface area contributed by atoms with Crippen LogP contribution in [0.1, 0.15) is 18.2 Å². The first kappa shape index (κ1) is 17.0. The van der Waals surface area contributed by atoms with E-state index in [2.05, 4.69) is 20.7 Å². The van der Waals surface area contributed by atoms with Gasteiger partial charge in [-0.3, -0.25) is 14.7 Å². The summed E-state index contributed by atoms with van der Waals surface area (Å²) in [4.78, 5) is 24.3. The number of nitrogens with one attached hydrogen (secondary N) is 2. The van der Waals surface area contributed by atoms with Gasteiger partial charge in [0.1, 0.15) is 0 Å². The Bertz CT molecular complexity index is 915. The smallest absolute Gasteiger partial charge is 0.338 e. The van der Waals surface area contributed by atoms with Gasteiger partial charge in [0.25, 0.3) is 0 Å². The van der Waals surface area contributed by atoms with Crippen LogP contribution in [0.2, 0.25) is 0 Å². The fraction of sp³-hybridized carbons (Fsp3) is 0.250. The Balaban J connectivity index is 1.70. The Morgan fingerprint density at radius 2 is 2.16 bits per heavy atom. The first-order chi connectivity index (χ1) is 12.0. The van der Waals surface area contributed by atoms with Crippen LogP contribution in [0.5, 0.6) is 0 Å². The van der Waals surface area contributed by atoms with Crippen molar-refractivity contribution in [1.82, 2.24) is 19.9 Å². The molecule has 130 valence electrons. The van der Waals surface area contributed by atoms with Crippen molar-refractivity contribution in [1.29, 1.82) is 0 Å². The molecule has 2 N–H and O–H groups in total. The van der Waals surface area contributed by atoms with Crippen molar-refractivity contribution in [3.8, 4) is 0 Å². The highest BCUT2D eigenvalue weighted by molar-refractivity contribution is 8.00. The third kappa shape index (κ3) is 4.18. The van der Waals surface area contributed by atoms with Crippen LogP contribution in [0.25, 0.3) is 0 Å². The molecular weight excluding hydrogens is 342 g/mol. The van der Waals surface area contributed by atoms with Gasteiger partial charge in [-0.15, -0.1) is 5.10 Å². The number of hydrogen-bond acceptors (Lipinski definition) is 6. The zero-order valence-electron chi connectivity index (χ0n) is 13.7. The number of nitrogens with zero attached hydrogens (tertiary/aromatic N) is 3. The van der Waals surface area contributed by atoms with Crippen LogP contribution in [-0.4, -0.2) is 31.1 Å². The van der Waals surface area contributed by atoms with Crippen LogP contribution in [0.4, 0.5) is 5.88 Å². The molecule has 0 aliphatic rings. The normalized spacial score (nSPS) is 12.1. The molecule has 0 spiro atoms. The predicted molar refractivity (Wildman–Crippen MR) is 93.6 cm³/mol. The second-order valence-corrected chi connectivity index (χ2v) is 6.77. The Kier molecular flexibility index (Phi) is 5.03. The number of H-pyrrole nitrogens is 1. The summed E-state index contributed by atoms with van der Waals surface area (Å²) < 4.78 is 6.48. The number of thioether (sulfide) groups is 1. The van der Waals surface area contributed by atoms with E-state index >= 15 is 0 Å². The van der Waals surface area contributed by atoms with Crippen LogP contribution in [-0.2, 0) is 11.3 Å². The number of rotatable bonds is 6. The minimum absolute atomic E-state index is 0.261. The molecule has 2 aromatic heterocycles. The summed E-state index contributed by atoms with van der Waals surface area (Å²) in [5, 5.41) is 12.8. The highest BCUT2D eigenvalue weighted by Crippen LogP contribution is 2.22. The number of amides is 1. The topological polar surface area (TPSA) is 106 Å². The third-order valence-corrected chi connectivity index (χ3v) is 4.52. The largest absolute Gasteiger partial charge is 0.344 e. The molecule has 0 aliphatic carbocycles. The van der Waals surface area contributed by atoms with Crippen molar-refractivity contribution in [3.05, 3.63) is 58.1 Å². The summed E-state index contributed by atoms with van der Waals surface area (Å²) >= 11 is 1.19. The Morgan fingerprint density at radius 3 is 2.84 bits per heavy atom. The Morgan fingerprint density at radius 1 is 1.40 bits per heavy atom. The fourth-order valence-electron chi connectivity index (χ4n) is 2.16. The summed E-state index contributed by atoms with van der Waals surface area (Å²) in [6, 6.07) is 11.2. The van der Waals surface area contributed by atoms with E-state index < -0.39 is 5.25 Å². The van der Waals surface area contributed by atoms with Crippen molar-refractivity contribution in [3.63, 3.8) is 0 Å². The van der Waals surface area contributed by atoms with E-state index in [0.717, 1.165) is 5.56 Å². The molecule has 3 aromatic rings. The van der Waals surface area contributed by atoms with Crippen molar-refractivity contribution < 1.29 is 9.32 Å². The van der Waals surface area contributed by atoms with E-state index in [-0.39, 0.29) is 11.6 Å². The highest BCUT2D eigenvalue weighted by atomic mass is 32.2. The summed E-state index contributed by atoms with van der Waals surface area (Å²) in [6.07, 6.45) is 0. The van der Waals surface area contributed by atoms with Gasteiger partial charge in [-0.2, -0.15) is 0 Å². The SMILES string of the molecule is Cc1cc(NC(=O)[C@H](C)Sc2n[nH]c(=O)n2Cc2ccccc2)on1. The lowest BCUT2D eigenvalue weighted by Gasteiger charge is -2.10. The predicted octanol–water partition coefficient (Wildman–Crippen LogP) is 2.04. The van der Waals surface area contributed by atoms with E-state index in [1.165, 1.54) is 16.3 Å². The summed E-state index contributed by atoms with van der Waals surface area (Å²) in [6.45, 7) is 3.88. The number of aromatic amines is 1. The van der Waals surface area contributed by atoms with Gasteiger partial charge >= 0.3 is 5.69 Å². The molecule has 0 fully saturated rings. The Labute approximate surface area is 147 Å². The molecule has 3 rings (SSSR count). The standard InChI is InChI=1S/C16H17N5O3S/c1-10-8-13(24-20-10)17-14(22)11(2)25-16-19-18-15(23)21(16)9-12-6-4-3-5-7-12/h3-8,11H,9H2,1-2H3,(H,17,22)(H,18,23)/t11-/m0/s1. The van der Waals surface area contributed by atoms with E-state index in [0.29, 0.717) is 23.3 Å². The number of carbonyl (C=O) groups excluding carboxylic acids is 1. The lowest BCUT2D eigenvalue weighted by molar-refractivity contribution is -0.115. The van der Waals surface area contributed by atoms with E-state index in [1.807, 2.05) is 30.3 Å². The minimum Gasteiger partial charge on any atom is -0.338 e. The number of aryl methyl sites for hydroxylation is 1. The molecule has 0 unspecified atom stereocenters. The lowest BCUT2D eigenvalue weighted by Crippen LogP contribution is -2.24. The van der Waals surface area contributed by atoms with Gasteiger partial charge in [-0.25, -0.2) is 9.89 Å². The third-order valence-electron chi connectivity index (χ3n) is 3.43. The van der Waals surface area contributed by atoms with Crippen LogP contribution >= 0.6 is 11.8 Å². The van der Waals surface area contributed by atoms with Crippen molar-refractivity contribution in [2.75, 3.05) is 5.32 Å². The van der Waals surface area contributed by atoms with Crippen LogP contribution in [0.3, 0.4) is 0 Å². The maximum atomic E-state index is 12.3. The van der Waals surface area contributed by atoms with Crippen molar-refractivity contribution >= 4 is 23.6 Å². The molecular formula is C16H17N5O3S. The zero-order chi connectivity index (χ0) is 17.8. The number of aromatic nitrogens is 4. The van der Waals surface area contributed by atoms with Gasteiger partial charge in [0.15, 0.2) is 5.16 Å². The molecule has 0 saturated carbocycles. The van der Waals surface area contributed by atoms with Gasteiger partial charge in [0, 0.05) is 6.07 Å². The fourth-order valence-corrected chi connectivity index (χ4v) is 3.01. The second-order valence-electron chi connectivity index (χ2n) is 5.46. The highest BCUT2D eigenvalue weighted by Gasteiger charge is 2.20. The monoisotopic (exact) mass is 359 g/mol. The van der Waals surface area contributed by atoms with Crippen molar-refractivity contribution in [2.45, 2.75) is 30.8 Å². The number of carbonyl (C=O) groups is 1. The molecule has 0 aliphatic heterocycles. The lowest BCUT2D eigenvalue weighted by atomic mass is 10.2. The average molecular weight is 359 g/mol. The molecule has 8 nitrogen and oxygen atoms in total. The van der Waals surface area contributed by atoms with Crippen LogP contribution in [0.15, 0.2) is 50.9 Å². The van der Waals surface area contributed by atoms with Gasteiger partial charge in [-0.1, -0.05) is 47.3 Å². The number of benzene rings is 1. The van der Waals surface area contributed by atoms with Gasteiger partial charge in [-0.05, 0) is 19.4 Å². The van der Waals surface area contributed by atoms with Crippen LogP contribution < -0.4 is 11.0 Å². The number of hydrogen-bond donors (Lipinski definition) is 2. The summed E-state index contributed by atoms with van der Waals surface area (Å²) in [5.41, 5.74) is 1.34. The van der Waals surface area contributed by atoms with E-state index in [9.17, 15) is 9.59 Å². The first-order valence-corrected chi connectivity index (χ1v) is 8.51. The molecule has 0 bridgehead atoms. The molecule has 1 atom stereocenters. The molecule has 1 amide bonds. The molecule has 1 aromatic carbocycles. The van der Waals surface area contributed by atoms with Gasteiger partial charge in [0.05, 0.1) is 17.5 Å². The van der Waals surface area contributed by atoms with E-state index in [1.54, 1.807) is 19.9 Å². The maximum Gasteiger partial charge on any atom is 0.344 e. The van der Waals surface area contributed by atoms with Gasteiger partial charge < -0.3 is 4.52 Å². The minimum atomic E-state index is -0.477. The zero-order valence-corrected chi connectivity index (χ0v) is 14.5. The van der Waals surface area contributed by atoms with Crippen LogP contribution in [0, 0.1) is 6.92 Å². The quantitative estimate of drug-likeness (QED) is 0.653.